The molecule has 1 aromatic rings. The quantitative estimate of drug-likeness (QED) is 0.780. The number of rotatable bonds is 4. The van der Waals surface area contributed by atoms with Crippen LogP contribution >= 0.6 is 0 Å². The second-order valence-electron chi connectivity index (χ2n) is 3.02. The van der Waals surface area contributed by atoms with Gasteiger partial charge in [0.15, 0.2) is 0 Å². The zero-order valence-corrected chi connectivity index (χ0v) is 8.83. The Balaban J connectivity index is 3.18. The predicted octanol–water partition coefficient (Wildman–Crippen LogP) is 1.00. The molecular formula is C10H16N2O2. The van der Waals surface area contributed by atoms with Crippen LogP contribution in [0.5, 0.6) is 5.75 Å². The van der Waals surface area contributed by atoms with E-state index < -0.39 is 0 Å². The normalized spacial score (nSPS) is 10.3. The van der Waals surface area contributed by atoms with E-state index in [1.54, 1.807) is 20.4 Å². The first-order valence-corrected chi connectivity index (χ1v) is 4.45. The number of nitrogens with zero attached hydrogens (tertiary/aromatic N) is 1. The Labute approximate surface area is 84.0 Å². The van der Waals surface area contributed by atoms with Gasteiger partial charge >= 0.3 is 0 Å². The number of ether oxygens (including phenoxy) is 2. The molecule has 1 heterocycles. The molecule has 0 saturated heterocycles. The van der Waals surface area contributed by atoms with Gasteiger partial charge in [0.05, 0.1) is 19.4 Å². The zero-order valence-electron chi connectivity index (χ0n) is 8.83. The van der Waals surface area contributed by atoms with E-state index in [0.717, 1.165) is 22.6 Å². The minimum Gasteiger partial charge on any atom is -0.495 e. The average Bonchev–Trinajstić information content (AvgIpc) is 2.20. The van der Waals surface area contributed by atoms with Crippen LogP contribution in [0.1, 0.15) is 16.8 Å². The number of hydrogen-bond donors (Lipinski definition) is 1. The molecule has 1 rings (SSSR count). The van der Waals surface area contributed by atoms with E-state index in [1.165, 1.54) is 0 Å². The maximum atomic E-state index is 5.66. The van der Waals surface area contributed by atoms with Gasteiger partial charge in [-0.1, -0.05) is 0 Å². The van der Waals surface area contributed by atoms with E-state index in [9.17, 15) is 0 Å². The zero-order chi connectivity index (χ0) is 10.6. The molecule has 14 heavy (non-hydrogen) atoms. The molecule has 0 bridgehead atoms. The Kier molecular flexibility index (Phi) is 3.85. The highest BCUT2D eigenvalue weighted by atomic mass is 16.5. The summed E-state index contributed by atoms with van der Waals surface area (Å²) in [7, 11) is 3.27. The van der Waals surface area contributed by atoms with E-state index in [-0.39, 0.29) is 0 Å². The van der Waals surface area contributed by atoms with Crippen LogP contribution in [-0.4, -0.2) is 19.2 Å². The first-order chi connectivity index (χ1) is 6.74. The molecule has 0 saturated carbocycles. The lowest BCUT2D eigenvalue weighted by atomic mass is 10.1. The van der Waals surface area contributed by atoms with Gasteiger partial charge in [0.25, 0.3) is 0 Å². The Morgan fingerprint density at radius 3 is 2.64 bits per heavy atom. The van der Waals surface area contributed by atoms with Crippen molar-refractivity contribution in [3.05, 3.63) is 23.0 Å². The number of aromatic nitrogens is 1. The molecule has 0 radical (unpaired) electrons. The molecule has 0 aliphatic heterocycles. The van der Waals surface area contributed by atoms with Crippen molar-refractivity contribution < 1.29 is 9.47 Å². The van der Waals surface area contributed by atoms with Crippen LogP contribution < -0.4 is 10.5 Å². The van der Waals surface area contributed by atoms with Crippen LogP contribution in [0.3, 0.4) is 0 Å². The topological polar surface area (TPSA) is 57.4 Å². The van der Waals surface area contributed by atoms with Gasteiger partial charge in [-0.25, -0.2) is 0 Å². The summed E-state index contributed by atoms with van der Waals surface area (Å²) < 4.78 is 10.3. The summed E-state index contributed by atoms with van der Waals surface area (Å²) in [6.07, 6.45) is 1.78. The standard InChI is InChI=1S/C10H16N2O2/c1-7-10(14-3)9(4-11)8(5-12-7)6-13-2/h5H,4,6,11H2,1-3H3. The SMILES string of the molecule is COCc1cnc(C)c(OC)c1CN. The molecule has 0 atom stereocenters. The molecule has 4 heteroatoms. The van der Waals surface area contributed by atoms with Crippen molar-refractivity contribution in [2.24, 2.45) is 5.73 Å². The number of aryl methyl sites for hydroxylation is 1. The minimum absolute atomic E-state index is 0.436. The molecule has 4 nitrogen and oxygen atoms in total. The monoisotopic (exact) mass is 196 g/mol. The van der Waals surface area contributed by atoms with Gasteiger partial charge in [-0.3, -0.25) is 4.98 Å². The molecule has 1 aromatic heterocycles. The van der Waals surface area contributed by atoms with Crippen molar-refractivity contribution in [2.45, 2.75) is 20.1 Å². The van der Waals surface area contributed by atoms with E-state index in [1.807, 2.05) is 6.92 Å². The molecular weight excluding hydrogens is 180 g/mol. The van der Waals surface area contributed by atoms with Gasteiger partial charge in [0, 0.05) is 31.0 Å². The summed E-state index contributed by atoms with van der Waals surface area (Å²) in [5, 5.41) is 0. The predicted molar refractivity (Wildman–Crippen MR) is 54.1 cm³/mol. The molecule has 2 N–H and O–H groups in total. The smallest absolute Gasteiger partial charge is 0.144 e. The van der Waals surface area contributed by atoms with Gasteiger partial charge in [-0.05, 0) is 6.92 Å². The van der Waals surface area contributed by atoms with Crippen LogP contribution in [0.25, 0.3) is 0 Å². The van der Waals surface area contributed by atoms with Gasteiger partial charge in [-0.2, -0.15) is 0 Å². The highest BCUT2D eigenvalue weighted by molar-refractivity contribution is 5.41. The van der Waals surface area contributed by atoms with Crippen LogP contribution in [0.4, 0.5) is 0 Å². The second-order valence-corrected chi connectivity index (χ2v) is 3.02. The van der Waals surface area contributed by atoms with Crippen molar-refractivity contribution >= 4 is 0 Å². The fraction of sp³-hybridized carbons (Fsp3) is 0.500. The van der Waals surface area contributed by atoms with Crippen molar-refractivity contribution in [1.82, 2.24) is 4.98 Å². The fourth-order valence-electron chi connectivity index (χ4n) is 1.45. The molecule has 0 aliphatic rings. The molecule has 0 spiro atoms. The van der Waals surface area contributed by atoms with Crippen LogP contribution in [0.2, 0.25) is 0 Å². The number of pyridine rings is 1. The van der Waals surface area contributed by atoms with Crippen LogP contribution in [0.15, 0.2) is 6.20 Å². The number of nitrogens with two attached hydrogens (primary N) is 1. The first kappa shape index (κ1) is 10.9. The number of hydrogen-bond acceptors (Lipinski definition) is 4. The highest BCUT2D eigenvalue weighted by Gasteiger charge is 2.11. The fourth-order valence-corrected chi connectivity index (χ4v) is 1.45. The lowest BCUT2D eigenvalue weighted by molar-refractivity contribution is 0.183. The van der Waals surface area contributed by atoms with Crippen molar-refractivity contribution in [1.29, 1.82) is 0 Å². The molecule has 78 valence electrons. The largest absolute Gasteiger partial charge is 0.495 e. The molecule has 0 amide bonds. The molecule has 0 aliphatic carbocycles. The second kappa shape index (κ2) is 4.93. The third-order valence-electron chi connectivity index (χ3n) is 2.11. The van der Waals surface area contributed by atoms with Gasteiger partial charge in [0.2, 0.25) is 0 Å². The first-order valence-electron chi connectivity index (χ1n) is 4.45. The summed E-state index contributed by atoms with van der Waals surface area (Å²) in [6, 6.07) is 0. The van der Waals surface area contributed by atoms with E-state index >= 15 is 0 Å². The van der Waals surface area contributed by atoms with E-state index in [2.05, 4.69) is 4.98 Å². The van der Waals surface area contributed by atoms with Gasteiger partial charge in [0.1, 0.15) is 5.75 Å². The summed E-state index contributed by atoms with van der Waals surface area (Å²) in [6.45, 7) is 2.84. The Morgan fingerprint density at radius 2 is 2.14 bits per heavy atom. The van der Waals surface area contributed by atoms with E-state index in [4.69, 9.17) is 15.2 Å². The Hall–Kier alpha value is -1.13. The van der Waals surface area contributed by atoms with Gasteiger partial charge in [-0.15, -0.1) is 0 Å². The Morgan fingerprint density at radius 1 is 1.43 bits per heavy atom. The molecule has 0 fully saturated rings. The lowest BCUT2D eigenvalue weighted by Gasteiger charge is -2.13. The molecule has 0 aromatic carbocycles. The Bertz CT molecular complexity index is 313. The highest BCUT2D eigenvalue weighted by Crippen LogP contribution is 2.24. The number of methoxy groups -OCH3 is 2. The summed E-state index contributed by atoms with van der Waals surface area (Å²) in [5.41, 5.74) is 8.47. The summed E-state index contributed by atoms with van der Waals surface area (Å²) in [4.78, 5) is 4.22. The average molecular weight is 196 g/mol. The van der Waals surface area contributed by atoms with Crippen molar-refractivity contribution in [2.75, 3.05) is 14.2 Å². The summed E-state index contributed by atoms with van der Waals surface area (Å²) in [5.74, 6) is 0.766. The van der Waals surface area contributed by atoms with E-state index in [0.29, 0.717) is 13.2 Å². The molecule has 0 unspecified atom stereocenters. The third kappa shape index (κ3) is 2.02. The minimum atomic E-state index is 0.436. The third-order valence-corrected chi connectivity index (χ3v) is 2.11. The summed E-state index contributed by atoms with van der Waals surface area (Å²) >= 11 is 0. The lowest BCUT2D eigenvalue weighted by Crippen LogP contribution is -2.07. The van der Waals surface area contributed by atoms with Crippen LogP contribution in [0, 0.1) is 6.92 Å². The maximum Gasteiger partial charge on any atom is 0.144 e. The maximum absolute atomic E-state index is 5.66. The van der Waals surface area contributed by atoms with Crippen molar-refractivity contribution in [3.63, 3.8) is 0 Å². The van der Waals surface area contributed by atoms with Crippen molar-refractivity contribution in [3.8, 4) is 5.75 Å². The van der Waals surface area contributed by atoms with Gasteiger partial charge < -0.3 is 15.2 Å². The van der Waals surface area contributed by atoms with Crippen LogP contribution in [-0.2, 0) is 17.9 Å².